The highest BCUT2D eigenvalue weighted by Gasteiger charge is 2.14. The molecular formula is C29H23FN2O. The number of aryl methyl sites for hydroxylation is 1. The lowest BCUT2D eigenvalue weighted by molar-refractivity contribution is -0.112. The highest BCUT2D eigenvalue weighted by atomic mass is 19.1. The summed E-state index contributed by atoms with van der Waals surface area (Å²) in [4.78, 5) is 13.0. The Morgan fingerprint density at radius 2 is 1.76 bits per heavy atom. The molecule has 0 aromatic heterocycles. The van der Waals surface area contributed by atoms with E-state index in [1.54, 1.807) is 12.1 Å². The number of carbonyl (C=O) groups excluding carboxylic acids is 1. The van der Waals surface area contributed by atoms with Crippen molar-refractivity contribution in [1.82, 2.24) is 0 Å². The smallest absolute Gasteiger partial charge is 0.266 e. The molecule has 0 spiro atoms. The molecule has 0 atom stereocenters. The Balaban J connectivity index is 1.77. The average Bonchev–Trinajstić information content (AvgIpc) is 2.83. The minimum absolute atomic E-state index is 0.0118. The molecule has 33 heavy (non-hydrogen) atoms. The number of nitriles is 1. The highest BCUT2D eigenvalue weighted by molar-refractivity contribution is 6.11. The number of fused-ring (bicyclic) bond motifs is 1. The third-order valence-corrected chi connectivity index (χ3v) is 5.64. The Kier molecular flexibility index (Phi) is 6.61. The van der Waals surface area contributed by atoms with Gasteiger partial charge in [-0.1, -0.05) is 73.7 Å². The van der Waals surface area contributed by atoms with E-state index in [1.807, 2.05) is 73.7 Å². The summed E-state index contributed by atoms with van der Waals surface area (Å²) in [6.45, 7) is 2.01. The number of para-hydroxylation sites is 1. The zero-order chi connectivity index (χ0) is 23.2. The predicted octanol–water partition coefficient (Wildman–Crippen LogP) is 6.68. The Morgan fingerprint density at radius 3 is 2.55 bits per heavy atom. The summed E-state index contributed by atoms with van der Waals surface area (Å²) < 4.78 is 13.8. The van der Waals surface area contributed by atoms with Crippen molar-refractivity contribution in [2.24, 2.45) is 0 Å². The zero-order valence-corrected chi connectivity index (χ0v) is 18.3. The van der Waals surface area contributed by atoms with Crippen LogP contribution < -0.4 is 5.32 Å². The largest absolute Gasteiger partial charge is 0.321 e. The van der Waals surface area contributed by atoms with Crippen LogP contribution in [0.3, 0.4) is 0 Å². The molecule has 0 radical (unpaired) electrons. The molecule has 4 aromatic rings. The van der Waals surface area contributed by atoms with Crippen LogP contribution in [0, 0.1) is 17.1 Å². The van der Waals surface area contributed by atoms with E-state index >= 15 is 0 Å². The first-order valence-corrected chi connectivity index (χ1v) is 10.8. The highest BCUT2D eigenvalue weighted by Crippen LogP contribution is 2.27. The second-order valence-corrected chi connectivity index (χ2v) is 7.80. The summed E-state index contributed by atoms with van der Waals surface area (Å²) in [6, 6.07) is 27.9. The summed E-state index contributed by atoms with van der Waals surface area (Å²) in [5, 5.41) is 14.6. The molecule has 0 fully saturated rings. The fraction of sp³-hybridized carbons (Fsp3) is 0.103. The number of hydrogen-bond donors (Lipinski definition) is 1. The van der Waals surface area contributed by atoms with Crippen molar-refractivity contribution in [3.63, 3.8) is 0 Å². The summed E-state index contributed by atoms with van der Waals surface area (Å²) >= 11 is 0. The number of amides is 1. The second kappa shape index (κ2) is 9.93. The number of nitrogens with zero attached hydrogens (tertiary/aromatic N) is 1. The van der Waals surface area contributed by atoms with Gasteiger partial charge in [0.1, 0.15) is 17.5 Å². The van der Waals surface area contributed by atoms with Crippen LogP contribution in [0.1, 0.15) is 29.2 Å². The average molecular weight is 435 g/mol. The molecule has 0 aliphatic heterocycles. The standard InChI is InChI=1S/C29H23FN2O/c1-2-21-9-4-6-13-28(21)32-29(33)24(19-31)18-27-23(16-20-8-7-11-25(30)17-20)15-14-22-10-3-5-12-26(22)27/h3-15,17-18H,2,16H2,1H3,(H,32,33)/b24-18+. The number of benzene rings is 4. The van der Waals surface area contributed by atoms with Gasteiger partial charge < -0.3 is 5.32 Å². The molecule has 0 saturated heterocycles. The van der Waals surface area contributed by atoms with Crippen LogP contribution in [0.5, 0.6) is 0 Å². The molecule has 4 rings (SSSR count). The zero-order valence-electron chi connectivity index (χ0n) is 18.3. The van der Waals surface area contributed by atoms with Crippen LogP contribution in [0.15, 0.2) is 90.5 Å². The van der Waals surface area contributed by atoms with Gasteiger partial charge in [-0.15, -0.1) is 0 Å². The number of rotatable bonds is 6. The maximum Gasteiger partial charge on any atom is 0.266 e. The Labute approximate surface area is 192 Å². The summed E-state index contributed by atoms with van der Waals surface area (Å²) in [7, 11) is 0. The fourth-order valence-electron chi connectivity index (χ4n) is 3.97. The molecule has 0 saturated carbocycles. The number of nitrogens with one attached hydrogen (secondary N) is 1. The second-order valence-electron chi connectivity index (χ2n) is 7.80. The van der Waals surface area contributed by atoms with Crippen molar-refractivity contribution >= 4 is 28.4 Å². The van der Waals surface area contributed by atoms with Crippen LogP contribution in [0.4, 0.5) is 10.1 Å². The SMILES string of the molecule is CCc1ccccc1NC(=O)/C(C#N)=C/c1c(Cc2cccc(F)c2)ccc2ccccc12. The van der Waals surface area contributed by atoms with Gasteiger partial charge >= 0.3 is 0 Å². The number of anilines is 1. The van der Waals surface area contributed by atoms with E-state index in [4.69, 9.17) is 0 Å². The molecule has 0 heterocycles. The van der Waals surface area contributed by atoms with E-state index in [-0.39, 0.29) is 11.4 Å². The van der Waals surface area contributed by atoms with E-state index in [9.17, 15) is 14.4 Å². The van der Waals surface area contributed by atoms with Gasteiger partial charge in [0.05, 0.1) is 0 Å². The third-order valence-electron chi connectivity index (χ3n) is 5.64. The van der Waals surface area contributed by atoms with E-state index in [0.29, 0.717) is 12.1 Å². The minimum Gasteiger partial charge on any atom is -0.321 e. The van der Waals surface area contributed by atoms with Crippen molar-refractivity contribution in [1.29, 1.82) is 5.26 Å². The maximum atomic E-state index is 13.8. The molecule has 0 unspecified atom stereocenters. The molecule has 0 bridgehead atoms. The van der Waals surface area contributed by atoms with Crippen LogP contribution >= 0.6 is 0 Å². The number of carbonyl (C=O) groups is 1. The van der Waals surface area contributed by atoms with Gasteiger partial charge in [-0.25, -0.2) is 4.39 Å². The lowest BCUT2D eigenvalue weighted by Gasteiger charge is -2.12. The topological polar surface area (TPSA) is 52.9 Å². The van der Waals surface area contributed by atoms with E-state index in [1.165, 1.54) is 12.1 Å². The first-order chi connectivity index (χ1) is 16.1. The Hall–Kier alpha value is -4.23. The van der Waals surface area contributed by atoms with Crippen molar-refractivity contribution in [3.05, 3.63) is 119 Å². The molecule has 1 N–H and O–H groups in total. The molecule has 0 aliphatic carbocycles. The van der Waals surface area contributed by atoms with E-state index in [0.717, 1.165) is 39.4 Å². The van der Waals surface area contributed by atoms with Crippen molar-refractivity contribution in [2.75, 3.05) is 5.32 Å². The Bertz CT molecular complexity index is 1400. The monoisotopic (exact) mass is 434 g/mol. The lowest BCUT2D eigenvalue weighted by Crippen LogP contribution is -2.14. The normalized spacial score (nSPS) is 11.2. The molecular weight excluding hydrogens is 411 g/mol. The quantitative estimate of drug-likeness (QED) is 0.272. The molecule has 1 amide bonds. The number of halogens is 1. The van der Waals surface area contributed by atoms with E-state index in [2.05, 4.69) is 11.4 Å². The van der Waals surface area contributed by atoms with Crippen molar-refractivity contribution in [3.8, 4) is 6.07 Å². The van der Waals surface area contributed by atoms with Gasteiger partial charge in [0.15, 0.2) is 0 Å². The van der Waals surface area contributed by atoms with Gasteiger partial charge in [0.2, 0.25) is 0 Å². The first kappa shape index (κ1) is 22.0. The van der Waals surface area contributed by atoms with E-state index < -0.39 is 5.91 Å². The van der Waals surface area contributed by atoms with Gasteiger partial charge in [-0.2, -0.15) is 5.26 Å². The molecule has 4 aromatic carbocycles. The van der Waals surface area contributed by atoms with Crippen LogP contribution in [0.25, 0.3) is 16.8 Å². The van der Waals surface area contributed by atoms with Crippen LogP contribution in [-0.4, -0.2) is 5.91 Å². The summed E-state index contributed by atoms with van der Waals surface area (Å²) in [6.07, 6.45) is 2.89. The van der Waals surface area contributed by atoms with Crippen molar-refractivity contribution < 1.29 is 9.18 Å². The van der Waals surface area contributed by atoms with Crippen LogP contribution in [-0.2, 0) is 17.6 Å². The Morgan fingerprint density at radius 1 is 0.970 bits per heavy atom. The molecule has 4 heteroatoms. The van der Waals surface area contributed by atoms with Gasteiger partial charge in [0.25, 0.3) is 5.91 Å². The van der Waals surface area contributed by atoms with Gasteiger partial charge in [-0.3, -0.25) is 4.79 Å². The third kappa shape index (κ3) is 4.99. The summed E-state index contributed by atoms with van der Waals surface area (Å²) in [5.41, 5.74) is 4.23. The maximum absolute atomic E-state index is 13.8. The number of hydrogen-bond acceptors (Lipinski definition) is 2. The predicted molar refractivity (Wildman–Crippen MR) is 131 cm³/mol. The van der Waals surface area contributed by atoms with Gasteiger partial charge in [-0.05, 0) is 70.1 Å². The molecule has 3 nitrogen and oxygen atoms in total. The van der Waals surface area contributed by atoms with Gasteiger partial charge in [0, 0.05) is 5.69 Å². The van der Waals surface area contributed by atoms with Crippen molar-refractivity contribution in [2.45, 2.75) is 19.8 Å². The molecule has 162 valence electrons. The molecule has 0 aliphatic rings. The van der Waals surface area contributed by atoms with Crippen LogP contribution in [0.2, 0.25) is 0 Å². The fourth-order valence-corrected chi connectivity index (χ4v) is 3.97. The minimum atomic E-state index is -0.456. The summed E-state index contributed by atoms with van der Waals surface area (Å²) in [5.74, 6) is -0.750. The first-order valence-electron chi connectivity index (χ1n) is 10.8. The lowest BCUT2D eigenvalue weighted by atomic mass is 9.93.